The first-order chi connectivity index (χ1) is 14.0. The molecule has 2 aromatic carbocycles. The SMILES string of the molecule is COc1ccccc1O[C@H](C)C(=O)N(Cc1c(F)cccc1Cl)c1ccccn1. The van der Waals surface area contributed by atoms with E-state index in [1.807, 2.05) is 0 Å². The highest BCUT2D eigenvalue weighted by atomic mass is 35.5. The number of rotatable bonds is 7. The van der Waals surface area contributed by atoms with E-state index >= 15 is 0 Å². The van der Waals surface area contributed by atoms with Crippen LogP contribution < -0.4 is 14.4 Å². The summed E-state index contributed by atoms with van der Waals surface area (Å²) in [6.07, 6.45) is 0.684. The smallest absolute Gasteiger partial charge is 0.269 e. The molecule has 0 aliphatic heterocycles. The second-order valence-electron chi connectivity index (χ2n) is 6.22. The number of carbonyl (C=O) groups excluding carboxylic acids is 1. The van der Waals surface area contributed by atoms with Crippen molar-refractivity contribution in [2.24, 2.45) is 0 Å². The first-order valence-corrected chi connectivity index (χ1v) is 9.34. The first kappa shape index (κ1) is 20.6. The summed E-state index contributed by atoms with van der Waals surface area (Å²) in [5, 5.41) is 0.233. The minimum Gasteiger partial charge on any atom is -0.493 e. The number of hydrogen-bond acceptors (Lipinski definition) is 4. The molecule has 0 radical (unpaired) electrons. The van der Waals surface area contributed by atoms with Crippen molar-refractivity contribution in [1.29, 1.82) is 0 Å². The Labute approximate surface area is 173 Å². The Morgan fingerprint density at radius 3 is 2.48 bits per heavy atom. The summed E-state index contributed by atoms with van der Waals surface area (Å²) in [6, 6.07) is 16.6. The fraction of sp³-hybridized carbons (Fsp3) is 0.182. The van der Waals surface area contributed by atoms with Gasteiger partial charge in [0.15, 0.2) is 17.6 Å². The van der Waals surface area contributed by atoms with Crippen LogP contribution in [0.1, 0.15) is 12.5 Å². The standard InChI is InChI=1S/C22H20ClFN2O3/c1-15(29-20-11-4-3-10-19(20)28-2)22(27)26(21-12-5-6-13-25-21)14-16-17(23)8-7-9-18(16)24/h3-13,15H,14H2,1-2H3/t15-/m1/s1. The summed E-state index contributed by atoms with van der Waals surface area (Å²) in [4.78, 5) is 18.8. The largest absolute Gasteiger partial charge is 0.493 e. The van der Waals surface area contributed by atoms with Crippen LogP contribution in [0, 0.1) is 5.82 Å². The molecule has 0 spiro atoms. The van der Waals surface area contributed by atoms with Crippen molar-refractivity contribution in [2.45, 2.75) is 19.6 Å². The molecule has 3 rings (SSSR count). The van der Waals surface area contributed by atoms with Gasteiger partial charge in [-0.2, -0.15) is 0 Å². The molecule has 1 amide bonds. The van der Waals surface area contributed by atoms with Crippen LogP contribution in [0.3, 0.4) is 0 Å². The van der Waals surface area contributed by atoms with Gasteiger partial charge in [-0.05, 0) is 43.3 Å². The van der Waals surface area contributed by atoms with Crippen LogP contribution in [-0.2, 0) is 11.3 Å². The van der Waals surface area contributed by atoms with Gasteiger partial charge >= 0.3 is 0 Å². The molecule has 1 heterocycles. The van der Waals surface area contributed by atoms with Crippen LogP contribution >= 0.6 is 11.6 Å². The summed E-state index contributed by atoms with van der Waals surface area (Å²) in [6.45, 7) is 1.54. The predicted octanol–water partition coefficient (Wildman–Crippen LogP) is 4.88. The third kappa shape index (κ3) is 4.84. The van der Waals surface area contributed by atoms with Gasteiger partial charge in [0.2, 0.25) is 0 Å². The molecule has 0 N–H and O–H groups in total. The highest BCUT2D eigenvalue weighted by Crippen LogP contribution is 2.28. The number of ether oxygens (including phenoxy) is 2. The van der Waals surface area contributed by atoms with Gasteiger partial charge in [-0.25, -0.2) is 9.37 Å². The summed E-state index contributed by atoms with van der Waals surface area (Å²) in [7, 11) is 1.52. The number of hydrogen-bond donors (Lipinski definition) is 0. The maximum atomic E-state index is 14.3. The third-order valence-corrected chi connectivity index (χ3v) is 4.64. The molecule has 150 valence electrons. The number of halogens is 2. The van der Waals surface area contributed by atoms with E-state index in [1.165, 1.54) is 24.1 Å². The maximum Gasteiger partial charge on any atom is 0.269 e. The first-order valence-electron chi connectivity index (χ1n) is 8.96. The monoisotopic (exact) mass is 414 g/mol. The molecular formula is C22H20ClFN2O3. The zero-order valence-electron chi connectivity index (χ0n) is 16.0. The summed E-state index contributed by atoms with van der Waals surface area (Å²) < 4.78 is 25.4. The fourth-order valence-electron chi connectivity index (χ4n) is 2.80. The fourth-order valence-corrected chi connectivity index (χ4v) is 3.03. The third-order valence-electron chi connectivity index (χ3n) is 4.29. The van der Waals surface area contributed by atoms with Crippen molar-refractivity contribution in [3.05, 3.63) is 83.3 Å². The topological polar surface area (TPSA) is 51.7 Å². The molecule has 0 aliphatic carbocycles. The lowest BCUT2D eigenvalue weighted by atomic mass is 10.1. The lowest BCUT2D eigenvalue weighted by Crippen LogP contribution is -2.41. The number of aromatic nitrogens is 1. The van der Waals surface area contributed by atoms with Gasteiger partial charge in [-0.15, -0.1) is 0 Å². The molecule has 0 fully saturated rings. The van der Waals surface area contributed by atoms with E-state index in [4.69, 9.17) is 21.1 Å². The maximum absolute atomic E-state index is 14.3. The minimum atomic E-state index is -0.876. The van der Waals surface area contributed by atoms with Crippen LogP contribution in [0.2, 0.25) is 5.02 Å². The van der Waals surface area contributed by atoms with Crippen LogP contribution in [-0.4, -0.2) is 24.1 Å². The Bertz CT molecular complexity index is 965. The molecule has 1 atom stereocenters. The van der Waals surface area contributed by atoms with Gasteiger partial charge in [-0.3, -0.25) is 9.69 Å². The van der Waals surface area contributed by atoms with E-state index < -0.39 is 17.8 Å². The Morgan fingerprint density at radius 2 is 1.83 bits per heavy atom. The van der Waals surface area contributed by atoms with Gasteiger partial charge in [0.1, 0.15) is 11.6 Å². The number of benzene rings is 2. The van der Waals surface area contributed by atoms with Gasteiger partial charge in [0.25, 0.3) is 5.91 Å². The molecule has 1 aromatic heterocycles. The number of methoxy groups -OCH3 is 1. The normalized spacial score (nSPS) is 11.6. The van der Waals surface area contributed by atoms with Crippen LogP contribution in [0.15, 0.2) is 66.9 Å². The van der Waals surface area contributed by atoms with E-state index in [0.29, 0.717) is 17.3 Å². The summed E-state index contributed by atoms with van der Waals surface area (Å²) >= 11 is 6.17. The quantitative estimate of drug-likeness (QED) is 0.552. The Hall–Kier alpha value is -3.12. The highest BCUT2D eigenvalue weighted by Gasteiger charge is 2.27. The average Bonchev–Trinajstić information content (AvgIpc) is 2.74. The van der Waals surface area contributed by atoms with Gasteiger partial charge in [0.05, 0.1) is 13.7 Å². The molecule has 29 heavy (non-hydrogen) atoms. The van der Waals surface area contributed by atoms with Crippen LogP contribution in [0.5, 0.6) is 11.5 Å². The Morgan fingerprint density at radius 1 is 1.10 bits per heavy atom. The molecule has 7 heteroatoms. The predicted molar refractivity (Wildman–Crippen MR) is 110 cm³/mol. The van der Waals surface area contributed by atoms with Crippen molar-refractivity contribution >= 4 is 23.3 Å². The van der Waals surface area contributed by atoms with E-state index in [1.54, 1.807) is 61.7 Å². The molecule has 0 saturated heterocycles. The summed E-state index contributed by atoms with van der Waals surface area (Å²) in [5.41, 5.74) is 0.206. The van der Waals surface area contributed by atoms with Crippen molar-refractivity contribution < 1.29 is 18.7 Å². The highest BCUT2D eigenvalue weighted by molar-refractivity contribution is 6.31. The van der Waals surface area contributed by atoms with Gasteiger partial charge in [-0.1, -0.05) is 35.9 Å². The number of anilines is 1. The molecule has 0 bridgehead atoms. The Balaban J connectivity index is 1.90. The average molecular weight is 415 g/mol. The lowest BCUT2D eigenvalue weighted by Gasteiger charge is -2.26. The number of amides is 1. The molecule has 3 aromatic rings. The van der Waals surface area contributed by atoms with Crippen molar-refractivity contribution in [2.75, 3.05) is 12.0 Å². The van der Waals surface area contributed by atoms with E-state index in [2.05, 4.69) is 4.98 Å². The number of para-hydroxylation sites is 2. The zero-order valence-corrected chi connectivity index (χ0v) is 16.8. The van der Waals surface area contributed by atoms with Crippen LogP contribution in [0.25, 0.3) is 0 Å². The van der Waals surface area contributed by atoms with Crippen molar-refractivity contribution in [3.63, 3.8) is 0 Å². The number of pyridine rings is 1. The number of carbonyl (C=O) groups is 1. The zero-order chi connectivity index (χ0) is 20.8. The summed E-state index contributed by atoms with van der Waals surface area (Å²) in [5.74, 6) is 0.417. The second-order valence-corrected chi connectivity index (χ2v) is 6.63. The van der Waals surface area contributed by atoms with Crippen molar-refractivity contribution in [1.82, 2.24) is 4.98 Å². The van der Waals surface area contributed by atoms with E-state index in [-0.39, 0.29) is 17.1 Å². The van der Waals surface area contributed by atoms with Crippen molar-refractivity contribution in [3.8, 4) is 11.5 Å². The Kier molecular flexibility index (Phi) is 6.67. The molecule has 0 saturated carbocycles. The minimum absolute atomic E-state index is 0.0824. The van der Waals surface area contributed by atoms with Gasteiger partial charge < -0.3 is 9.47 Å². The van der Waals surface area contributed by atoms with Crippen LogP contribution in [0.4, 0.5) is 10.2 Å². The van der Waals surface area contributed by atoms with E-state index in [9.17, 15) is 9.18 Å². The van der Waals surface area contributed by atoms with Gasteiger partial charge in [0, 0.05) is 16.8 Å². The molecule has 0 aliphatic rings. The molecular weight excluding hydrogens is 395 g/mol. The van der Waals surface area contributed by atoms with E-state index in [0.717, 1.165) is 0 Å². The molecule has 5 nitrogen and oxygen atoms in total. The second kappa shape index (κ2) is 9.39. The molecule has 0 unspecified atom stereocenters. The number of nitrogens with zero attached hydrogens (tertiary/aromatic N) is 2. The lowest BCUT2D eigenvalue weighted by molar-refractivity contribution is -0.124.